The molecule has 0 saturated carbocycles. The Labute approximate surface area is 130 Å². The lowest BCUT2D eigenvalue weighted by Crippen LogP contribution is -2.50. The molecule has 2 aromatic rings. The highest BCUT2D eigenvalue weighted by Crippen LogP contribution is 2.40. The molecule has 0 aliphatic carbocycles. The summed E-state index contributed by atoms with van der Waals surface area (Å²) < 4.78 is 10.9. The Balaban J connectivity index is 0.00000132. The average molecular weight is 309 g/mol. The normalized spacial score (nSPS) is 20.0. The zero-order chi connectivity index (χ0) is 13.6. The van der Waals surface area contributed by atoms with Gasteiger partial charge < -0.3 is 19.8 Å². The lowest BCUT2D eigenvalue weighted by molar-refractivity contribution is 0.0327. The Morgan fingerprint density at radius 1 is 1.24 bits per heavy atom. The second-order valence-electron chi connectivity index (χ2n) is 5.76. The van der Waals surface area contributed by atoms with E-state index in [0.29, 0.717) is 0 Å². The predicted octanol–water partition coefficient (Wildman–Crippen LogP) is 2.75. The highest BCUT2D eigenvalue weighted by molar-refractivity contribution is 5.87. The molecule has 5 heteroatoms. The fourth-order valence-electron chi connectivity index (χ4n) is 3.68. The first kappa shape index (κ1) is 14.7. The Bertz CT molecular complexity index is 647. The van der Waals surface area contributed by atoms with E-state index in [4.69, 9.17) is 9.47 Å². The number of nitrogens with one attached hydrogen (secondary N) is 2. The van der Waals surface area contributed by atoms with Crippen molar-refractivity contribution in [2.24, 2.45) is 0 Å². The summed E-state index contributed by atoms with van der Waals surface area (Å²) in [6, 6.07) is 6.30. The number of benzene rings is 1. The van der Waals surface area contributed by atoms with Gasteiger partial charge >= 0.3 is 0 Å². The number of aromatic nitrogens is 1. The van der Waals surface area contributed by atoms with Crippen LogP contribution in [0.2, 0.25) is 0 Å². The van der Waals surface area contributed by atoms with Crippen molar-refractivity contribution in [3.63, 3.8) is 0 Å². The van der Waals surface area contributed by atoms with Gasteiger partial charge in [-0.05, 0) is 43.0 Å². The third kappa shape index (κ3) is 2.22. The molecule has 1 aromatic heterocycles. The van der Waals surface area contributed by atoms with Crippen molar-refractivity contribution >= 4 is 23.3 Å². The first-order valence-electron chi connectivity index (χ1n) is 7.34. The van der Waals surface area contributed by atoms with Gasteiger partial charge in [0.1, 0.15) is 5.75 Å². The van der Waals surface area contributed by atoms with Crippen LogP contribution in [0.15, 0.2) is 18.2 Å². The fraction of sp³-hybridized carbons (Fsp3) is 0.500. The van der Waals surface area contributed by atoms with E-state index < -0.39 is 0 Å². The molecule has 0 atom stereocenters. The molecule has 21 heavy (non-hydrogen) atoms. The molecule has 1 spiro atoms. The minimum Gasteiger partial charge on any atom is -0.497 e. The second-order valence-corrected chi connectivity index (χ2v) is 5.76. The summed E-state index contributed by atoms with van der Waals surface area (Å²) in [5, 5.41) is 5.05. The molecule has 2 aliphatic heterocycles. The highest BCUT2D eigenvalue weighted by atomic mass is 35.5. The number of H-pyrrole nitrogens is 1. The van der Waals surface area contributed by atoms with Crippen LogP contribution in [0, 0.1) is 0 Å². The monoisotopic (exact) mass is 308 g/mol. The molecule has 0 amide bonds. The van der Waals surface area contributed by atoms with Crippen LogP contribution < -0.4 is 10.1 Å². The first-order chi connectivity index (χ1) is 9.82. The van der Waals surface area contributed by atoms with Gasteiger partial charge in [0.15, 0.2) is 0 Å². The minimum absolute atomic E-state index is 0. The van der Waals surface area contributed by atoms with Gasteiger partial charge in [-0.2, -0.15) is 0 Å². The molecule has 4 rings (SSSR count). The predicted molar refractivity (Wildman–Crippen MR) is 85.5 cm³/mol. The smallest absolute Gasteiger partial charge is 0.119 e. The van der Waals surface area contributed by atoms with Gasteiger partial charge in [-0.15, -0.1) is 12.4 Å². The van der Waals surface area contributed by atoms with Gasteiger partial charge in [-0.25, -0.2) is 0 Å². The number of hydrogen-bond acceptors (Lipinski definition) is 3. The molecular weight excluding hydrogens is 288 g/mol. The highest BCUT2D eigenvalue weighted by Gasteiger charge is 2.39. The molecule has 3 heterocycles. The summed E-state index contributed by atoms with van der Waals surface area (Å²) >= 11 is 0. The van der Waals surface area contributed by atoms with Crippen LogP contribution in [0.5, 0.6) is 5.75 Å². The maximum absolute atomic E-state index is 5.55. The van der Waals surface area contributed by atoms with Crippen molar-refractivity contribution in [3.05, 3.63) is 29.5 Å². The van der Waals surface area contributed by atoms with E-state index in [-0.39, 0.29) is 17.9 Å². The van der Waals surface area contributed by atoms with Crippen LogP contribution in [0.1, 0.15) is 24.1 Å². The van der Waals surface area contributed by atoms with Crippen LogP contribution in [-0.4, -0.2) is 31.9 Å². The van der Waals surface area contributed by atoms with Crippen molar-refractivity contribution < 1.29 is 9.47 Å². The number of ether oxygens (including phenoxy) is 2. The van der Waals surface area contributed by atoms with Gasteiger partial charge in [0.2, 0.25) is 0 Å². The van der Waals surface area contributed by atoms with Gasteiger partial charge in [0, 0.05) is 36.4 Å². The standard InChI is InChI=1S/C16H20N2O2.ClH/c1-19-11-2-3-14-13(10-11)12-4-7-17-16(15(12)18-14)5-8-20-9-6-16;/h2-3,10,17-18H,4-9H2,1H3;1H. The van der Waals surface area contributed by atoms with Crippen LogP contribution in [0.25, 0.3) is 10.9 Å². The van der Waals surface area contributed by atoms with E-state index in [2.05, 4.69) is 22.4 Å². The number of methoxy groups -OCH3 is 1. The van der Waals surface area contributed by atoms with Crippen LogP contribution >= 0.6 is 12.4 Å². The molecule has 4 nitrogen and oxygen atoms in total. The molecule has 1 saturated heterocycles. The molecule has 2 N–H and O–H groups in total. The Morgan fingerprint density at radius 2 is 2.05 bits per heavy atom. The number of fused-ring (bicyclic) bond motifs is 4. The molecule has 0 radical (unpaired) electrons. The van der Waals surface area contributed by atoms with Gasteiger partial charge in [-0.3, -0.25) is 0 Å². The van der Waals surface area contributed by atoms with E-state index in [1.807, 2.05) is 6.07 Å². The summed E-state index contributed by atoms with van der Waals surface area (Å²) in [7, 11) is 1.72. The molecule has 2 aliphatic rings. The van der Waals surface area contributed by atoms with Crippen molar-refractivity contribution in [1.29, 1.82) is 0 Å². The molecule has 114 valence electrons. The van der Waals surface area contributed by atoms with E-state index in [1.54, 1.807) is 7.11 Å². The Hall–Kier alpha value is -1.23. The van der Waals surface area contributed by atoms with Crippen molar-refractivity contribution in [2.45, 2.75) is 24.8 Å². The third-order valence-electron chi connectivity index (χ3n) is 4.78. The lowest BCUT2D eigenvalue weighted by atomic mass is 9.81. The maximum Gasteiger partial charge on any atom is 0.119 e. The second kappa shape index (κ2) is 5.52. The van der Waals surface area contributed by atoms with Gasteiger partial charge in [-0.1, -0.05) is 0 Å². The van der Waals surface area contributed by atoms with E-state index in [9.17, 15) is 0 Å². The molecular formula is C16H21ClN2O2. The summed E-state index contributed by atoms with van der Waals surface area (Å²) in [6.45, 7) is 2.72. The summed E-state index contributed by atoms with van der Waals surface area (Å²) in [6.07, 6.45) is 3.17. The van der Waals surface area contributed by atoms with Crippen molar-refractivity contribution in [3.8, 4) is 5.75 Å². The number of aromatic amines is 1. The molecule has 1 fully saturated rings. The number of rotatable bonds is 1. The Kier molecular flexibility index (Phi) is 3.86. The quantitative estimate of drug-likeness (QED) is 0.851. The zero-order valence-electron chi connectivity index (χ0n) is 12.2. The maximum atomic E-state index is 5.55. The fourth-order valence-corrected chi connectivity index (χ4v) is 3.68. The SMILES string of the molecule is COc1ccc2[nH]c3c(c2c1)CCNC31CCOCC1.Cl. The zero-order valence-corrected chi connectivity index (χ0v) is 13.0. The number of halogens is 1. The topological polar surface area (TPSA) is 46.3 Å². The van der Waals surface area contributed by atoms with E-state index in [0.717, 1.165) is 44.8 Å². The molecule has 1 aromatic carbocycles. The van der Waals surface area contributed by atoms with E-state index in [1.165, 1.54) is 22.2 Å². The third-order valence-corrected chi connectivity index (χ3v) is 4.78. The van der Waals surface area contributed by atoms with Gasteiger partial charge in [0.05, 0.1) is 12.6 Å². The minimum atomic E-state index is 0. The Morgan fingerprint density at radius 3 is 2.81 bits per heavy atom. The van der Waals surface area contributed by atoms with Crippen molar-refractivity contribution in [1.82, 2.24) is 10.3 Å². The first-order valence-corrected chi connectivity index (χ1v) is 7.34. The summed E-state index contributed by atoms with van der Waals surface area (Å²) in [5.41, 5.74) is 4.12. The van der Waals surface area contributed by atoms with Crippen LogP contribution in [0.4, 0.5) is 0 Å². The summed E-state index contributed by atoms with van der Waals surface area (Å²) in [4.78, 5) is 3.65. The summed E-state index contributed by atoms with van der Waals surface area (Å²) in [5.74, 6) is 0.930. The molecule has 0 bridgehead atoms. The van der Waals surface area contributed by atoms with Crippen molar-refractivity contribution in [2.75, 3.05) is 26.9 Å². The molecule has 0 unspecified atom stereocenters. The van der Waals surface area contributed by atoms with Crippen LogP contribution in [-0.2, 0) is 16.7 Å². The number of hydrogen-bond donors (Lipinski definition) is 2. The van der Waals surface area contributed by atoms with Gasteiger partial charge in [0.25, 0.3) is 0 Å². The average Bonchev–Trinajstić information content (AvgIpc) is 2.88. The largest absolute Gasteiger partial charge is 0.497 e. The lowest BCUT2D eigenvalue weighted by Gasteiger charge is -2.41. The van der Waals surface area contributed by atoms with E-state index >= 15 is 0 Å². The van der Waals surface area contributed by atoms with Crippen LogP contribution in [0.3, 0.4) is 0 Å².